The summed E-state index contributed by atoms with van der Waals surface area (Å²) in [6, 6.07) is 14.2. The maximum atomic E-state index is 6.29. The molecule has 1 unspecified atom stereocenters. The standard InChI is InChI=1S/C16H15ClO/c1-11-9-14-13(15(17)10-11)7-8-16(14)18-12-5-3-2-4-6-12/h2-6,9-10,16H,7-8H2,1H3. The van der Waals surface area contributed by atoms with Crippen molar-refractivity contribution in [1.82, 2.24) is 0 Å². The van der Waals surface area contributed by atoms with Crippen LogP contribution in [0.4, 0.5) is 0 Å². The van der Waals surface area contributed by atoms with Gasteiger partial charge in [0.1, 0.15) is 11.9 Å². The maximum absolute atomic E-state index is 6.29. The molecule has 2 aromatic carbocycles. The van der Waals surface area contributed by atoms with Crippen LogP contribution in [0.1, 0.15) is 29.2 Å². The van der Waals surface area contributed by atoms with Crippen LogP contribution in [0.3, 0.4) is 0 Å². The van der Waals surface area contributed by atoms with Gasteiger partial charge >= 0.3 is 0 Å². The molecule has 0 bridgehead atoms. The van der Waals surface area contributed by atoms with Crippen molar-refractivity contribution in [3.8, 4) is 5.75 Å². The van der Waals surface area contributed by atoms with E-state index in [-0.39, 0.29) is 6.10 Å². The molecule has 0 aromatic heterocycles. The molecule has 92 valence electrons. The van der Waals surface area contributed by atoms with Crippen molar-refractivity contribution in [1.29, 1.82) is 0 Å². The Morgan fingerprint density at radius 1 is 1.17 bits per heavy atom. The lowest BCUT2D eigenvalue weighted by Crippen LogP contribution is -2.03. The number of halogens is 1. The zero-order valence-electron chi connectivity index (χ0n) is 10.3. The summed E-state index contributed by atoms with van der Waals surface area (Å²) < 4.78 is 6.05. The monoisotopic (exact) mass is 258 g/mol. The first-order valence-corrected chi connectivity index (χ1v) is 6.62. The number of hydrogen-bond acceptors (Lipinski definition) is 1. The predicted octanol–water partition coefficient (Wildman–Crippen LogP) is 4.71. The van der Waals surface area contributed by atoms with Crippen LogP contribution in [-0.2, 0) is 6.42 Å². The van der Waals surface area contributed by atoms with Gasteiger partial charge in [0.2, 0.25) is 0 Å². The van der Waals surface area contributed by atoms with Crippen LogP contribution in [0.2, 0.25) is 5.02 Å². The molecule has 0 aliphatic heterocycles. The zero-order valence-corrected chi connectivity index (χ0v) is 11.1. The van der Waals surface area contributed by atoms with Crippen LogP contribution in [0.5, 0.6) is 5.75 Å². The van der Waals surface area contributed by atoms with Gasteiger partial charge in [-0.3, -0.25) is 0 Å². The molecular formula is C16H15ClO. The minimum Gasteiger partial charge on any atom is -0.486 e. The largest absolute Gasteiger partial charge is 0.486 e. The van der Waals surface area contributed by atoms with E-state index in [2.05, 4.69) is 13.0 Å². The fraction of sp³-hybridized carbons (Fsp3) is 0.250. The maximum Gasteiger partial charge on any atom is 0.124 e. The SMILES string of the molecule is Cc1cc(Cl)c2c(c1)C(Oc1ccccc1)CC2. The van der Waals surface area contributed by atoms with E-state index in [1.54, 1.807) is 0 Å². The second-order valence-corrected chi connectivity index (χ2v) is 5.18. The van der Waals surface area contributed by atoms with Gasteiger partial charge in [0.25, 0.3) is 0 Å². The lowest BCUT2D eigenvalue weighted by Gasteiger charge is -2.15. The molecule has 1 atom stereocenters. The smallest absolute Gasteiger partial charge is 0.124 e. The van der Waals surface area contributed by atoms with E-state index in [9.17, 15) is 0 Å². The van der Waals surface area contributed by atoms with Crippen LogP contribution in [-0.4, -0.2) is 0 Å². The summed E-state index contributed by atoms with van der Waals surface area (Å²) in [4.78, 5) is 0. The van der Waals surface area contributed by atoms with Gasteiger partial charge in [0, 0.05) is 5.02 Å². The topological polar surface area (TPSA) is 9.23 Å². The van der Waals surface area contributed by atoms with E-state index >= 15 is 0 Å². The third-order valence-electron chi connectivity index (χ3n) is 3.40. The van der Waals surface area contributed by atoms with Crippen LogP contribution in [0.25, 0.3) is 0 Å². The normalized spacial score (nSPS) is 17.6. The van der Waals surface area contributed by atoms with Crippen molar-refractivity contribution in [3.05, 3.63) is 64.2 Å². The van der Waals surface area contributed by atoms with Gasteiger partial charge < -0.3 is 4.74 Å². The third-order valence-corrected chi connectivity index (χ3v) is 3.74. The van der Waals surface area contributed by atoms with Crippen LogP contribution in [0.15, 0.2) is 42.5 Å². The first-order chi connectivity index (χ1) is 8.74. The van der Waals surface area contributed by atoms with Crippen LogP contribution in [0, 0.1) is 6.92 Å². The molecule has 0 N–H and O–H groups in total. The average Bonchev–Trinajstić information content (AvgIpc) is 2.74. The highest BCUT2D eigenvalue weighted by Gasteiger charge is 2.26. The van der Waals surface area contributed by atoms with Crippen molar-refractivity contribution >= 4 is 11.6 Å². The molecule has 3 rings (SSSR count). The molecular weight excluding hydrogens is 244 g/mol. The summed E-state index contributed by atoms with van der Waals surface area (Å²) in [5.74, 6) is 0.924. The summed E-state index contributed by atoms with van der Waals surface area (Å²) in [5, 5.41) is 0.879. The Bertz CT molecular complexity index is 563. The average molecular weight is 259 g/mol. The van der Waals surface area contributed by atoms with E-state index in [1.165, 1.54) is 16.7 Å². The number of hydrogen-bond donors (Lipinski definition) is 0. The van der Waals surface area contributed by atoms with Crippen molar-refractivity contribution in [2.24, 2.45) is 0 Å². The second kappa shape index (κ2) is 4.66. The van der Waals surface area contributed by atoms with Gasteiger partial charge in [-0.2, -0.15) is 0 Å². The molecule has 1 nitrogen and oxygen atoms in total. The van der Waals surface area contributed by atoms with Crippen LogP contribution < -0.4 is 4.74 Å². The highest BCUT2D eigenvalue weighted by molar-refractivity contribution is 6.31. The van der Waals surface area contributed by atoms with Gasteiger partial charge in [-0.1, -0.05) is 35.9 Å². The summed E-state index contributed by atoms with van der Waals surface area (Å²) in [7, 11) is 0. The quantitative estimate of drug-likeness (QED) is 0.758. The number of ether oxygens (including phenoxy) is 1. The minimum atomic E-state index is 0.139. The summed E-state index contributed by atoms with van der Waals surface area (Å²) in [6.45, 7) is 2.07. The van der Waals surface area contributed by atoms with Crippen LogP contribution >= 0.6 is 11.6 Å². The Morgan fingerprint density at radius 3 is 2.72 bits per heavy atom. The molecule has 0 radical (unpaired) electrons. The van der Waals surface area contributed by atoms with E-state index < -0.39 is 0 Å². The summed E-state index contributed by atoms with van der Waals surface area (Å²) in [5.41, 5.74) is 3.70. The number of rotatable bonds is 2. The molecule has 2 heteroatoms. The first-order valence-electron chi connectivity index (χ1n) is 6.24. The van der Waals surface area contributed by atoms with Crippen molar-refractivity contribution in [2.75, 3.05) is 0 Å². The number of aryl methyl sites for hydroxylation is 1. The Kier molecular flexibility index (Phi) is 3.00. The van der Waals surface area contributed by atoms with E-state index in [0.717, 1.165) is 23.6 Å². The van der Waals surface area contributed by atoms with E-state index in [0.29, 0.717) is 0 Å². The second-order valence-electron chi connectivity index (χ2n) is 4.77. The fourth-order valence-electron chi connectivity index (χ4n) is 2.57. The van der Waals surface area contributed by atoms with Gasteiger partial charge in [-0.15, -0.1) is 0 Å². The molecule has 1 aliphatic rings. The highest BCUT2D eigenvalue weighted by Crippen LogP contribution is 2.39. The van der Waals surface area contributed by atoms with Crippen molar-refractivity contribution in [2.45, 2.75) is 25.9 Å². The number of fused-ring (bicyclic) bond motifs is 1. The third kappa shape index (κ3) is 2.11. The number of para-hydroxylation sites is 1. The lowest BCUT2D eigenvalue weighted by molar-refractivity contribution is 0.207. The van der Waals surface area contributed by atoms with Crippen molar-refractivity contribution < 1.29 is 4.74 Å². The molecule has 0 heterocycles. The van der Waals surface area contributed by atoms with Gasteiger partial charge in [-0.05, 0) is 54.7 Å². The molecule has 0 saturated carbocycles. The summed E-state index contributed by atoms with van der Waals surface area (Å²) >= 11 is 6.29. The predicted molar refractivity (Wildman–Crippen MR) is 74.3 cm³/mol. The minimum absolute atomic E-state index is 0.139. The Balaban J connectivity index is 1.91. The Labute approximate surface area is 112 Å². The fourth-order valence-corrected chi connectivity index (χ4v) is 2.94. The molecule has 0 amide bonds. The molecule has 2 aromatic rings. The Hall–Kier alpha value is -1.47. The lowest BCUT2D eigenvalue weighted by atomic mass is 10.1. The molecule has 0 spiro atoms. The summed E-state index contributed by atoms with van der Waals surface area (Å²) in [6.07, 6.45) is 2.15. The molecule has 0 saturated heterocycles. The number of benzene rings is 2. The molecule has 18 heavy (non-hydrogen) atoms. The zero-order chi connectivity index (χ0) is 12.5. The first kappa shape index (κ1) is 11.6. The van der Waals surface area contributed by atoms with Gasteiger partial charge in [0.15, 0.2) is 0 Å². The van der Waals surface area contributed by atoms with E-state index in [1.807, 2.05) is 36.4 Å². The highest BCUT2D eigenvalue weighted by atomic mass is 35.5. The molecule has 1 aliphatic carbocycles. The van der Waals surface area contributed by atoms with Gasteiger partial charge in [-0.25, -0.2) is 0 Å². The Morgan fingerprint density at radius 2 is 1.94 bits per heavy atom. The van der Waals surface area contributed by atoms with Gasteiger partial charge in [0.05, 0.1) is 0 Å². The molecule has 0 fully saturated rings. The van der Waals surface area contributed by atoms with Crippen molar-refractivity contribution in [3.63, 3.8) is 0 Å². The van der Waals surface area contributed by atoms with E-state index in [4.69, 9.17) is 16.3 Å².